The molecule has 0 spiro atoms. The zero-order valence-electron chi connectivity index (χ0n) is 9.33. The van der Waals surface area contributed by atoms with Crippen molar-refractivity contribution < 1.29 is 9.59 Å². The summed E-state index contributed by atoms with van der Waals surface area (Å²) in [6.45, 7) is 0. The zero-order chi connectivity index (χ0) is 11.4. The minimum Gasteiger partial charge on any atom is -0.335 e. The summed E-state index contributed by atoms with van der Waals surface area (Å²) in [6.07, 6.45) is 7.07. The number of hydrogen-bond donors (Lipinski definition) is 2. The number of imide groups is 1. The number of rotatable bonds is 4. The Morgan fingerprint density at radius 3 is 2.44 bits per heavy atom. The van der Waals surface area contributed by atoms with E-state index < -0.39 is 0 Å². The molecule has 2 rings (SSSR count). The van der Waals surface area contributed by atoms with Crippen molar-refractivity contribution in [1.82, 2.24) is 10.6 Å². The highest BCUT2D eigenvalue weighted by Gasteiger charge is 2.24. The van der Waals surface area contributed by atoms with Gasteiger partial charge in [0, 0.05) is 11.3 Å². The van der Waals surface area contributed by atoms with Crippen molar-refractivity contribution in [1.29, 1.82) is 0 Å². The van der Waals surface area contributed by atoms with Crippen LogP contribution in [0.2, 0.25) is 0 Å². The molecule has 0 radical (unpaired) electrons. The van der Waals surface area contributed by atoms with Crippen LogP contribution in [0, 0.1) is 0 Å². The van der Waals surface area contributed by atoms with Crippen LogP contribution in [0.5, 0.6) is 0 Å². The molecular weight excluding hydrogens is 224 g/mol. The van der Waals surface area contributed by atoms with Crippen LogP contribution in [-0.4, -0.2) is 29.0 Å². The second-order valence-corrected chi connectivity index (χ2v) is 5.80. The molecule has 16 heavy (non-hydrogen) atoms. The summed E-state index contributed by atoms with van der Waals surface area (Å²) in [6, 6.07) is -0.0326. The number of amides is 3. The predicted molar refractivity (Wildman–Crippen MR) is 64.4 cm³/mol. The van der Waals surface area contributed by atoms with E-state index in [-0.39, 0.29) is 11.9 Å². The molecule has 0 bridgehead atoms. The lowest BCUT2D eigenvalue weighted by Gasteiger charge is -2.08. The third kappa shape index (κ3) is 4.04. The van der Waals surface area contributed by atoms with E-state index in [2.05, 4.69) is 10.6 Å². The van der Waals surface area contributed by atoms with E-state index in [9.17, 15) is 9.59 Å². The molecule has 5 heteroatoms. The highest BCUT2D eigenvalue weighted by molar-refractivity contribution is 8.00. The van der Waals surface area contributed by atoms with Gasteiger partial charge in [0.2, 0.25) is 5.91 Å². The largest absolute Gasteiger partial charge is 0.335 e. The molecular formula is C11H18N2O2S. The van der Waals surface area contributed by atoms with Crippen molar-refractivity contribution in [3.05, 3.63) is 0 Å². The molecule has 90 valence electrons. The Hall–Kier alpha value is -0.710. The molecule has 0 unspecified atom stereocenters. The number of urea groups is 1. The first-order valence-electron chi connectivity index (χ1n) is 5.96. The summed E-state index contributed by atoms with van der Waals surface area (Å²) >= 11 is 1.68. The van der Waals surface area contributed by atoms with Gasteiger partial charge in [-0.2, -0.15) is 0 Å². The van der Waals surface area contributed by atoms with Gasteiger partial charge in [-0.1, -0.05) is 12.8 Å². The van der Waals surface area contributed by atoms with E-state index in [1.54, 1.807) is 11.8 Å². The van der Waals surface area contributed by atoms with Crippen molar-refractivity contribution in [3.8, 4) is 0 Å². The third-order valence-corrected chi connectivity index (χ3v) is 4.29. The lowest BCUT2D eigenvalue weighted by atomic mass is 10.4. The molecule has 0 saturated heterocycles. The molecule has 2 aliphatic carbocycles. The van der Waals surface area contributed by atoms with Gasteiger partial charge in [0.25, 0.3) is 0 Å². The maximum absolute atomic E-state index is 11.4. The predicted octanol–water partition coefficient (Wildman–Crippen LogP) is 1.65. The second kappa shape index (κ2) is 5.57. The first-order chi connectivity index (χ1) is 7.74. The summed E-state index contributed by atoms with van der Waals surface area (Å²) in [5.41, 5.74) is 0. The summed E-state index contributed by atoms with van der Waals surface area (Å²) < 4.78 is 0. The molecule has 2 saturated carbocycles. The first kappa shape index (κ1) is 11.8. The lowest BCUT2D eigenvalue weighted by molar-refractivity contribution is -0.117. The number of carbonyl (C=O) groups is 2. The van der Waals surface area contributed by atoms with Gasteiger partial charge >= 0.3 is 6.03 Å². The highest BCUT2D eigenvalue weighted by Crippen LogP contribution is 2.29. The van der Waals surface area contributed by atoms with Crippen LogP contribution in [0.15, 0.2) is 0 Å². The maximum Gasteiger partial charge on any atom is 0.321 e. The van der Waals surface area contributed by atoms with Crippen LogP contribution < -0.4 is 10.6 Å². The number of hydrogen-bond acceptors (Lipinski definition) is 3. The van der Waals surface area contributed by atoms with Gasteiger partial charge in [-0.05, 0) is 25.7 Å². The van der Waals surface area contributed by atoms with E-state index in [1.807, 2.05) is 0 Å². The smallest absolute Gasteiger partial charge is 0.321 e. The molecule has 2 N–H and O–H groups in total. The van der Waals surface area contributed by atoms with Gasteiger partial charge < -0.3 is 5.32 Å². The monoisotopic (exact) mass is 242 g/mol. The van der Waals surface area contributed by atoms with Gasteiger partial charge in [0.15, 0.2) is 0 Å². The van der Waals surface area contributed by atoms with Gasteiger partial charge in [-0.15, -0.1) is 11.8 Å². The van der Waals surface area contributed by atoms with E-state index >= 15 is 0 Å². The molecule has 0 heterocycles. The minimum absolute atomic E-state index is 0.171. The molecule has 2 fully saturated rings. The Morgan fingerprint density at radius 2 is 1.81 bits per heavy atom. The molecule has 2 aliphatic rings. The fourth-order valence-electron chi connectivity index (χ4n) is 1.86. The van der Waals surface area contributed by atoms with Crippen LogP contribution in [0.3, 0.4) is 0 Å². The number of nitrogens with one attached hydrogen (secondary N) is 2. The Labute approximate surface area is 99.9 Å². The lowest BCUT2D eigenvalue weighted by Crippen LogP contribution is -2.41. The Balaban J connectivity index is 1.57. The summed E-state index contributed by atoms with van der Waals surface area (Å²) in [4.78, 5) is 22.7. The molecule has 4 nitrogen and oxygen atoms in total. The standard InChI is InChI=1S/C11H18N2O2S/c14-10(7-16-9-3-1-2-4-9)13-11(15)12-8-5-6-8/h8-9H,1-7H2,(H2,12,13,14,15). The van der Waals surface area contributed by atoms with Gasteiger partial charge in [0.1, 0.15) is 0 Å². The fourth-order valence-corrected chi connectivity index (χ4v) is 2.99. The van der Waals surface area contributed by atoms with Crippen molar-refractivity contribution in [2.24, 2.45) is 0 Å². The topological polar surface area (TPSA) is 58.2 Å². The molecule has 3 amide bonds. The average Bonchev–Trinajstić information content (AvgIpc) is 2.89. The van der Waals surface area contributed by atoms with E-state index in [0.717, 1.165) is 12.8 Å². The molecule has 0 aromatic rings. The first-order valence-corrected chi connectivity index (χ1v) is 7.01. The Bertz CT molecular complexity index is 273. The van der Waals surface area contributed by atoms with Gasteiger partial charge in [-0.25, -0.2) is 4.79 Å². The van der Waals surface area contributed by atoms with Crippen molar-refractivity contribution in [2.45, 2.75) is 49.8 Å². The summed E-state index contributed by atoms with van der Waals surface area (Å²) in [5, 5.41) is 5.72. The Kier molecular flexibility index (Phi) is 4.09. The van der Waals surface area contributed by atoms with E-state index in [1.165, 1.54) is 25.7 Å². The quantitative estimate of drug-likeness (QED) is 0.788. The summed E-state index contributed by atoms with van der Waals surface area (Å²) in [5.74, 6) is 0.234. The normalized spacial score (nSPS) is 20.8. The molecule has 0 aromatic heterocycles. The SMILES string of the molecule is O=C(CSC1CCCC1)NC(=O)NC1CC1. The van der Waals surface area contributed by atoms with Crippen LogP contribution in [0.1, 0.15) is 38.5 Å². The van der Waals surface area contributed by atoms with Crippen LogP contribution in [0.4, 0.5) is 4.79 Å². The summed E-state index contributed by atoms with van der Waals surface area (Å²) in [7, 11) is 0. The zero-order valence-corrected chi connectivity index (χ0v) is 10.1. The van der Waals surface area contributed by atoms with Gasteiger partial charge in [-0.3, -0.25) is 10.1 Å². The third-order valence-electron chi connectivity index (χ3n) is 2.92. The molecule has 0 atom stereocenters. The Morgan fingerprint density at radius 1 is 1.12 bits per heavy atom. The van der Waals surface area contributed by atoms with E-state index in [4.69, 9.17) is 0 Å². The van der Waals surface area contributed by atoms with Crippen molar-refractivity contribution in [3.63, 3.8) is 0 Å². The van der Waals surface area contributed by atoms with Gasteiger partial charge in [0.05, 0.1) is 5.75 Å². The van der Waals surface area contributed by atoms with E-state index in [0.29, 0.717) is 17.0 Å². The number of carbonyl (C=O) groups excluding carboxylic acids is 2. The van der Waals surface area contributed by atoms with Crippen molar-refractivity contribution >= 4 is 23.7 Å². The molecule has 0 aromatic carbocycles. The van der Waals surface area contributed by atoms with Crippen molar-refractivity contribution in [2.75, 3.05) is 5.75 Å². The fraction of sp³-hybridized carbons (Fsp3) is 0.818. The van der Waals surface area contributed by atoms with Crippen LogP contribution >= 0.6 is 11.8 Å². The average molecular weight is 242 g/mol. The van der Waals surface area contributed by atoms with Crippen LogP contribution in [-0.2, 0) is 4.79 Å². The highest BCUT2D eigenvalue weighted by atomic mass is 32.2. The molecule has 0 aliphatic heterocycles. The minimum atomic E-state index is -0.334. The second-order valence-electron chi connectivity index (χ2n) is 4.51. The number of thioether (sulfide) groups is 1. The van der Waals surface area contributed by atoms with Crippen LogP contribution in [0.25, 0.3) is 0 Å². The maximum atomic E-state index is 11.4.